The molecule has 112 valence electrons. The minimum absolute atomic E-state index is 0. The standard InChI is InChI=1S/C15H20BrFN2.ClH/c16-12-3-4-14(17)13(10-12)15(9-11-1-2-11)19-7-5-18-6-8-19;/h3-4,10-11,15,18H,1-2,5-9H2;1H/t15-;/m0./s1. The summed E-state index contributed by atoms with van der Waals surface area (Å²) in [5, 5.41) is 3.37. The Balaban J connectivity index is 0.00000147. The van der Waals surface area contributed by atoms with Crippen LogP contribution in [0.2, 0.25) is 0 Å². The minimum Gasteiger partial charge on any atom is -0.314 e. The van der Waals surface area contributed by atoms with Crippen molar-refractivity contribution in [1.29, 1.82) is 0 Å². The Hall–Kier alpha value is -0.160. The van der Waals surface area contributed by atoms with Crippen molar-refractivity contribution in [3.63, 3.8) is 0 Å². The topological polar surface area (TPSA) is 15.3 Å². The number of piperazine rings is 1. The average molecular weight is 364 g/mol. The van der Waals surface area contributed by atoms with Crippen LogP contribution in [-0.2, 0) is 0 Å². The van der Waals surface area contributed by atoms with Gasteiger partial charge in [0.25, 0.3) is 0 Å². The number of rotatable bonds is 4. The summed E-state index contributed by atoms with van der Waals surface area (Å²) in [5.74, 6) is 0.741. The molecule has 0 unspecified atom stereocenters. The molecule has 0 radical (unpaired) electrons. The molecule has 0 bridgehead atoms. The van der Waals surface area contributed by atoms with Crippen molar-refractivity contribution in [3.8, 4) is 0 Å². The highest BCUT2D eigenvalue weighted by Gasteiger charge is 2.31. The average Bonchev–Trinajstić information content (AvgIpc) is 3.24. The van der Waals surface area contributed by atoms with Crippen molar-refractivity contribution in [1.82, 2.24) is 10.2 Å². The molecule has 20 heavy (non-hydrogen) atoms. The number of hydrogen-bond acceptors (Lipinski definition) is 2. The third-order valence-corrected chi connectivity index (χ3v) is 4.66. The van der Waals surface area contributed by atoms with Gasteiger partial charge >= 0.3 is 0 Å². The summed E-state index contributed by atoms with van der Waals surface area (Å²) in [6, 6.07) is 5.57. The van der Waals surface area contributed by atoms with E-state index in [-0.39, 0.29) is 24.3 Å². The van der Waals surface area contributed by atoms with E-state index in [4.69, 9.17) is 0 Å². The van der Waals surface area contributed by atoms with E-state index in [9.17, 15) is 4.39 Å². The summed E-state index contributed by atoms with van der Waals surface area (Å²) in [6.07, 6.45) is 3.74. The normalized spacial score (nSPS) is 21.3. The fourth-order valence-corrected chi connectivity index (χ4v) is 3.28. The summed E-state index contributed by atoms with van der Waals surface area (Å²) < 4.78 is 15.2. The molecule has 1 aromatic carbocycles. The van der Waals surface area contributed by atoms with Gasteiger partial charge in [0.05, 0.1) is 0 Å². The summed E-state index contributed by atoms with van der Waals surface area (Å²) >= 11 is 3.47. The van der Waals surface area contributed by atoms with E-state index < -0.39 is 0 Å². The number of nitrogens with zero attached hydrogens (tertiary/aromatic N) is 1. The number of benzene rings is 1. The van der Waals surface area contributed by atoms with E-state index in [0.29, 0.717) is 0 Å². The molecule has 2 nitrogen and oxygen atoms in total. The Kier molecular flexibility index (Phi) is 5.84. The lowest BCUT2D eigenvalue weighted by Crippen LogP contribution is -2.45. The van der Waals surface area contributed by atoms with Gasteiger partial charge in [0.15, 0.2) is 0 Å². The zero-order valence-corrected chi connectivity index (χ0v) is 13.9. The largest absolute Gasteiger partial charge is 0.314 e. The molecule has 1 atom stereocenters. The maximum absolute atomic E-state index is 14.2. The van der Waals surface area contributed by atoms with Crippen LogP contribution in [-0.4, -0.2) is 31.1 Å². The summed E-state index contributed by atoms with van der Waals surface area (Å²) in [7, 11) is 0. The molecule has 1 aromatic rings. The highest BCUT2D eigenvalue weighted by atomic mass is 79.9. The Bertz CT molecular complexity index is 447. The van der Waals surface area contributed by atoms with Gasteiger partial charge in [-0.25, -0.2) is 4.39 Å². The Morgan fingerprint density at radius 2 is 2.00 bits per heavy atom. The van der Waals surface area contributed by atoms with Crippen LogP contribution in [0.25, 0.3) is 0 Å². The molecule has 0 amide bonds. The maximum Gasteiger partial charge on any atom is 0.128 e. The van der Waals surface area contributed by atoms with Crippen molar-refractivity contribution in [3.05, 3.63) is 34.1 Å². The molecule has 3 rings (SSSR count). The first-order valence-corrected chi connectivity index (χ1v) is 7.93. The third-order valence-electron chi connectivity index (χ3n) is 4.16. The van der Waals surface area contributed by atoms with Crippen molar-refractivity contribution < 1.29 is 4.39 Å². The smallest absolute Gasteiger partial charge is 0.128 e. The molecular weight excluding hydrogens is 343 g/mol. The molecule has 1 saturated heterocycles. The van der Waals surface area contributed by atoms with Gasteiger partial charge in [-0.15, -0.1) is 12.4 Å². The number of hydrogen-bond donors (Lipinski definition) is 1. The number of halogens is 3. The quantitative estimate of drug-likeness (QED) is 0.876. The molecule has 2 aliphatic rings. The lowest BCUT2D eigenvalue weighted by atomic mass is 9.98. The van der Waals surface area contributed by atoms with Crippen LogP contribution < -0.4 is 5.32 Å². The van der Waals surface area contributed by atoms with E-state index in [2.05, 4.69) is 26.1 Å². The highest BCUT2D eigenvalue weighted by molar-refractivity contribution is 9.10. The Morgan fingerprint density at radius 3 is 2.65 bits per heavy atom. The SMILES string of the molecule is Cl.Fc1ccc(Br)cc1[C@H](CC1CC1)N1CCNCC1. The van der Waals surface area contributed by atoms with Crippen molar-refractivity contribution in [2.75, 3.05) is 26.2 Å². The first kappa shape index (κ1) is 16.2. The third kappa shape index (κ3) is 3.94. The van der Waals surface area contributed by atoms with Crippen LogP contribution in [0.15, 0.2) is 22.7 Å². The van der Waals surface area contributed by atoms with E-state index in [0.717, 1.165) is 48.6 Å². The predicted molar refractivity (Wildman–Crippen MR) is 85.9 cm³/mol. The zero-order chi connectivity index (χ0) is 13.2. The first-order valence-electron chi connectivity index (χ1n) is 7.14. The van der Waals surface area contributed by atoms with E-state index in [1.54, 1.807) is 12.1 Å². The van der Waals surface area contributed by atoms with Crippen LogP contribution in [0, 0.1) is 11.7 Å². The van der Waals surface area contributed by atoms with Crippen molar-refractivity contribution in [2.24, 2.45) is 5.92 Å². The molecule has 1 N–H and O–H groups in total. The molecule has 1 aliphatic carbocycles. The van der Waals surface area contributed by atoms with Gasteiger partial charge in [0.1, 0.15) is 5.82 Å². The highest BCUT2D eigenvalue weighted by Crippen LogP contribution is 2.41. The predicted octanol–water partition coefficient (Wildman–Crippen LogP) is 3.76. The summed E-state index contributed by atoms with van der Waals surface area (Å²) in [5.41, 5.74) is 0.864. The molecule has 0 aromatic heterocycles. The molecule has 2 fully saturated rings. The summed E-state index contributed by atoms with van der Waals surface area (Å²) in [4.78, 5) is 2.44. The zero-order valence-electron chi connectivity index (χ0n) is 11.4. The molecule has 5 heteroatoms. The second kappa shape index (κ2) is 7.21. The maximum atomic E-state index is 14.2. The monoisotopic (exact) mass is 362 g/mol. The van der Waals surface area contributed by atoms with E-state index >= 15 is 0 Å². The van der Waals surface area contributed by atoms with Crippen LogP contribution >= 0.6 is 28.3 Å². The molecule has 1 saturated carbocycles. The first-order chi connectivity index (χ1) is 9.24. The van der Waals surface area contributed by atoms with Gasteiger partial charge in [-0.1, -0.05) is 28.8 Å². The van der Waals surface area contributed by atoms with Gasteiger partial charge in [-0.2, -0.15) is 0 Å². The molecule has 0 spiro atoms. The van der Waals surface area contributed by atoms with Crippen molar-refractivity contribution >= 4 is 28.3 Å². The fraction of sp³-hybridized carbons (Fsp3) is 0.600. The second-order valence-electron chi connectivity index (χ2n) is 5.65. The van der Waals surface area contributed by atoms with E-state index in [1.165, 1.54) is 12.8 Å². The van der Waals surface area contributed by atoms with Gasteiger partial charge in [0.2, 0.25) is 0 Å². The van der Waals surface area contributed by atoms with Gasteiger partial charge in [0, 0.05) is 42.3 Å². The summed E-state index contributed by atoms with van der Waals surface area (Å²) in [6.45, 7) is 4.06. The van der Waals surface area contributed by atoms with Gasteiger partial charge < -0.3 is 5.32 Å². The second-order valence-corrected chi connectivity index (χ2v) is 6.56. The molecule has 1 aliphatic heterocycles. The number of nitrogens with one attached hydrogen (secondary N) is 1. The fourth-order valence-electron chi connectivity index (χ4n) is 2.91. The van der Waals surface area contributed by atoms with Crippen LogP contribution in [0.5, 0.6) is 0 Å². The Labute approximate surface area is 134 Å². The minimum atomic E-state index is -0.0626. The lowest BCUT2D eigenvalue weighted by Gasteiger charge is -2.35. The molecule has 1 heterocycles. The van der Waals surface area contributed by atoms with Gasteiger partial charge in [-0.05, 0) is 30.5 Å². The van der Waals surface area contributed by atoms with Gasteiger partial charge in [-0.3, -0.25) is 4.90 Å². The molecular formula is C15H21BrClFN2. The van der Waals surface area contributed by atoms with Crippen molar-refractivity contribution in [2.45, 2.75) is 25.3 Å². The van der Waals surface area contributed by atoms with Crippen LogP contribution in [0.4, 0.5) is 4.39 Å². The Morgan fingerprint density at radius 1 is 1.30 bits per heavy atom. The van der Waals surface area contributed by atoms with Crippen LogP contribution in [0.3, 0.4) is 0 Å². The lowest BCUT2D eigenvalue weighted by molar-refractivity contribution is 0.157. The van der Waals surface area contributed by atoms with E-state index in [1.807, 2.05) is 6.07 Å². The van der Waals surface area contributed by atoms with Crippen LogP contribution in [0.1, 0.15) is 30.9 Å².